The van der Waals surface area contributed by atoms with Crippen LogP contribution in [0.3, 0.4) is 0 Å². The van der Waals surface area contributed by atoms with Gasteiger partial charge in [0.1, 0.15) is 27.8 Å². The van der Waals surface area contributed by atoms with E-state index in [1.54, 1.807) is 0 Å². The van der Waals surface area contributed by atoms with Gasteiger partial charge in [-0.2, -0.15) is 0 Å². The van der Waals surface area contributed by atoms with E-state index < -0.39 is 0 Å². The lowest BCUT2D eigenvalue weighted by atomic mass is 10.0. The summed E-state index contributed by atoms with van der Waals surface area (Å²) in [5, 5.41) is 3.80. The Morgan fingerprint density at radius 1 is 0.362 bits per heavy atom. The molecule has 0 unspecified atom stereocenters. The van der Waals surface area contributed by atoms with Crippen LogP contribution in [0.15, 0.2) is 147 Å². The van der Waals surface area contributed by atoms with Gasteiger partial charge in [0.2, 0.25) is 5.89 Å². The Hall–Kier alpha value is -6.60. The van der Waals surface area contributed by atoms with E-state index >= 15 is 0 Å². The second-order valence-electron chi connectivity index (χ2n) is 11.4. The minimum atomic E-state index is 0.541. The lowest BCUT2D eigenvalue weighted by Crippen LogP contribution is -2.00. The maximum absolute atomic E-state index is 6.35. The molecule has 7 heteroatoms. The number of benzene rings is 6. The number of fused-ring (bicyclic) bond motifs is 7. The molecule has 0 spiro atoms. The predicted molar refractivity (Wildman–Crippen MR) is 184 cm³/mol. The summed E-state index contributed by atoms with van der Waals surface area (Å²) in [6.07, 6.45) is 0. The van der Waals surface area contributed by atoms with Gasteiger partial charge in [-0.3, -0.25) is 0 Å². The second kappa shape index (κ2) is 9.95. The molecule has 0 atom stereocenters. The summed E-state index contributed by atoms with van der Waals surface area (Å²) in [5.41, 5.74) is 8.09. The molecule has 10 rings (SSSR count). The first-order chi connectivity index (χ1) is 23.3. The molecule has 0 aliphatic heterocycles. The quantitative estimate of drug-likeness (QED) is 0.197. The Morgan fingerprint density at radius 2 is 0.957 bits per heavy atom. The minimum absolute atomic E-state index is 0.541. The van der Waals surface area contributed by atoms with Gasteiger partial charge >= 0.3 is 0 Å². The third-order valence-electron chi connectivity index (χ3n) is 8.59. The first-order valence-corrected chi connectivity index (χ1v) is 15.3. The van der Waals surface area contributed by atoms with Crippen LogP contribution in [0.25, 0.3) is 101 Å². The average molecular weight is 607 g/mol. The molecule has 0 fully saturated rings. The Balaban J connectivity index is 1.23. The van der Waals surface area contributed by atoms with Gasteiger partial charge in [0.15, 0.2) is 23.1 Å². The van der Waals surface area contributed by atoms with Crippen molar-refractivity contribution in [1.82, 2.24) is 19.9 Å². The number of rotatable bonds is 4. The van der Waals surface area contributed by atoms with Crippen molar-refractivity contribution in [3.63, 3.8) is 0 Å². The van der Waals surface area contributed by atoms with Gasteiger partial charge < -0.3 is 13.3 Å². The minimum Gasteiger partial charge on any atom is -0.456 e. The van der Waals surface area contributed by atoms with Gasteiger partial charge in [0.25, 0.3) is 0 Å². The molecular weight excluding hydrogens is 584 g/mol. The van der Waals surface area contributed by atoms with Crippen LogP contribution >= 0.6 is 0 Å². The average Bonchev–Trinajstić information content (AvgIpc) is 3.84. The highest BCUT2D eigenvalue weighted by Crippen LogP contribution is 2.40. The number of nitrogens with zero attached hydrogens (tertiary/aromatic N) is 4. The number of hydrogen-bond donors (Lipinski definition) is 0. The lowest BCUT2D eigenvalue weighted by molar-refractivity contribution is 0.620. The highest BCUT2D eigenvalue weighted by atomic mass is 16.3. The van der Waals surface area contributed by atoms with Gasteiger partial charge in [-0.15, -0.1) is 0 Å². The molecule has 10 aromatic rings. The third-order valence-corrected chi connectivity index (χ3v) is 8.59. The smallest absolute Gasteiger partial charge is 0.227 e. The summed E-state index contributed by atoms with van der Waals surface area (Å²) < 4.78 is 18.7. The Labute approximate surface area is 266 Å². The zero-order valence-corrected chi connectivity index (χ0v) is 24.7. The Morgan fingerprint density at radius 3 is 1.70 bits per heavy atom. The van der Waals surface area contributed by atoms with Crippen LogP contribution < -0.4 is 0 Å². The maximum atomic E-state index is 6.35. The van der Waals surface area contributed by atoms with Crippen molar-refractivity contribution in [3.05, 3.63) is 133 Å². The summed E-state index contributed by atoms with van der Waals surface area (Å²) in [7, 11) is 0. The van der Waals surface area contributed by atoms with Crippen LogP contribution in [-0.2, 0) is 0 Å². The molecule has 0 amide bonds. The van der Waals surface area contributed by atoms with E-state index in [0.717, 1.165) is 77.2 Å². The van der Waals surface area contributed by atoms with Crippen LogP contribution in [0.1, 0.15) is 0 Å². The first kappa shape index (κ1) is 25.7. The van der Waals surface area contributed by atoms with Crippen molar-refractivity contribution >= 4 is 55.0 Å². The van der Waals surface area contributed by atoms with E-state index in [1.807, 2.05) is 121 Å². The fourth-order valence-corrected chi connectivity index (χ4v) is 6.44. The van der Waals surface area contributed by atoms with Crippen LogP contribution in [0.4, 0.5) is 0 Å². The zero-order valence-electron chi connectivity index (χ0n) is 24.7. The van der Waals surface area contributed by atoms with E-state index in [1.165, 1.54) is 0 Å². The van der Waals surface area contributed by atoms with Crippen molar-refractivity contribution in [2.45, 2.75) is 0 Å². The van der Waals surface area contributed by atoms with Gasteiger partial charge in [0.05, 0.1) is 0 Å². The molecule has 4 heterocycles. The van der Waals surface area contributed by atoms with E-state index in [4.69, 9.17) is 33.2 Å². The van der Waals surface area contributed by atoms with Crippen LogP contribution in [0.2, 0.25) is 0 Å². The van der Waals surface area contributed by atoms with Crippen molar-refractivity contribution in [1.29, 1.82) is 0 Å². The molecule has 0 N–H and O–H groups in total. The van der Waals surface area contributed by atoms with Gasteiger partial charge in [-0.1, -0.05) is 84.9 Å². The molecule has 6 aromatic carbocycles. The summed E-state index contributed by atoms with van der Waals surface area (Å²) in [6, 6.07) is 43.7. The standard InChI is InChI=1S/C40H22N4O3/c1-2-10-23(11-3-1)37-42-38(26-13-8-18-33-35(26)25-12-4-6-16-30(25)45-33)44-39(43-37)27-14-9-19-34-36(27)28-22-24(20-21-31(28)46-34)40-41-29-15-5-7-17-32(29)47-40/h1-22H. The SMILES string of the molecule is c1ccc(-c2nc(-c3cccc4oc5ccccc5c34)nc(-c3cccc4oc5ccc(-c6nc7ccccc7o6)cc5c34)n2)cc1. The van der Waals surface area contributed by atoms with E-state index in [9.17, 15) is 0 Å². The summed E-state index contributed by atoms with van der Waals surface area (Å²) in [5.74, 6) is 2.23. The predicted octanol–water partition coefficient (Wildman–Crippen LogP) is 10.5. The second-order valence-corrected chi connectivity index (χ2v) is 11.4. The molecule has 0 saturated carbocycles. The van der Waals surface area contributed by atoms with Crippen LogP contribution in [0, 0.1) is 0 Å². The molecule has 0 bridgehead atoms. The van der Waals surface area contributed by atoms with Crippen molar-refractivity contribution in [2.24, 2.45) is 0 Å². The number of oxazole rings is 1. The van der Waals surface area contributed by atoms with E-state index in [0.29, 0.717) is 23.4 Å². The highest BCUT2D eigenvalue weighted by molar-refractivity contribution is 6.14. The van der Waals surface area contributed by atoms with E-state index in [-0.39, 0.29) is 0 Å². The molecule has 47 heavy (non-hydrogen) atoms. The van der Waals surface area contributed by atoms with Crippen LogP contribution in [0.5, 0.6) is 0 Å². The third kappa shape index (κ3) is 4.07. The summed E-state index contributed by atoms with van der Waals surface area (Å²) >= 11 is 0. The van der Waals surface area contributed by atoms with Gasteiger partial charge in [0, 0.05) is 43.8 Å². The number of para-hydroxylation sites is 3. The first-order valence-electron chi connectivity index (χ1n) is 15.3. The maximum Gasteiger partial charge on any atom is 0.227 e. The monoisotopic (exact) mass is 606 g/mol. The summed E-state index contributed by atoms with van der Waals surface area (Å²) in [6.45, 7) is 0. The zero-order chi connectivity index (χ0) is 30.9. The topological polar surface area (TPSA) is 91.0 Å². The summed E-state index contributed by atoms with van der Waals surface area (Å²) in [4.78, 5) is 20.0. The van der Waals surface area contributed by atoms with Crippen molar-refractivity contribution < 1.29 is 13.3 Å². The molecule has 220 valence electrons. The number of furan rings is 2. The molecule has 0 radical (unpaired) electrons. The van der Waals surface area contributed by atoms with Crippen LogP contribution in [-0.4, -0.2) is 19.9 Å². The lowest BCUT2D eigenvalue weighted by Gasteiger charge is -2.10. The molecule has 0 aliphatic rings. The molecular formula is C40H22N4O3. The number of hydrogen-bond acceptors (Lipinski definition) is 7. The van der Waals surface area contributed by atoms with Crippen molar-refractivity contribution in [2.75, 3.05) is 0 Å². The normalized spacial score (nSPS) is 11.8. The van der Waals surface area contributed by atoms with Crippen molar-refractivity contribution in [3.8, 4) is 45.6 Å². The number of aromatic nitrogens is 4. The molecule has 0 aliphatic carbocycles. The fourth-order valence-electron chi connectivity index (χ4n) is 6.44. The molecule has 7 nitrogen and oxygen atoms in total. The molecule has 0 saturated heterocycles. The molecule has 4 aromatic heterocycles. The highest BCUT2D eigenvalue weighted by Gasteiger charge is 2.21. The van der Waals surface area contributed by atoms with Gasteiger partial charge in [-0.05, 0) is 48.5 Å². The van der Waals surface area contributed by atoms with E-state index in [2.05, 4.69) is 12.1 Å². The Bertz CT molecular complexity index is 2780. The Kier molecular flexibility index (Phi) is 5.44. The fraction of sp³-hybridized carbons (Fsp3) is 0. The largest absolute Gasteiger partial charge is 0.456 e. The van der Waals surface area contributed by atoms with Gasteiger partial charge in [-0.25, -0.2) is 19.9 Å².